The molecule has 1 aromatic rings. The number of hydrogen-bond donors (Lipinski definition) is 2. The Morgan fingerprint density at radius 3 is 2.95 bits per heavy atom. The van der Waals surface area contributed by atoms with Crippen molar-refractivity contribution in [1.82, 2.24) is 4.98 Å². The van der Waals surface area contributed by atoms with Crippen molar-refractivity contribution in [2.45, 2.75) is 52.0 Å². The number of rotatable bonds is 2. The van der Waals surface area contributed by atoms with E-state index in [2.05, 4.69) is 30.0 Å². The number of nitrogens with two attached hydrogens (primary N) is 1. The van der Waals surface area contributed by atoms with Crippen LogP contribution >= 0.6 is 0 Å². The van der Waals surface area contributed by atoms with Crippen LogP contribution in [0.25, 0.3) is 0 Å². The van der Waals surface area contributed by atoms with Gasteiger partial charge in [0, 0.05) is 18.3 Å². The molecule has 3 rings (SSSR count). The number of anilines is 1. The van der Waals surface area contributed by atoms with Gasteiger partial charge in [0.2, 0.25) is 0 Å². The maximum absolute atomic E-state index is 9.09. The highest BCUT2D eigenvalue weighted by Crippen LogP contribution is 2.32. The zero-order valence-electron chi connectivity index (χ0n) is 12.8. The summed E-state index contributed by atoms with van der Waals surface area (Å²) >= 11 is 0. The second-order valence-electron chi connectivity index (χ2n) is 6.49. The van der Waals surface area contributed by atoms with E-state index >= 15 is 0 Å². The number of fused-ring (bicyclic) bond motifs is 1. The summed E-state index contributed by atoms with van der Waals surface area (Å²) < 4.78 is 0. The third-order valence-electron chi connectivity index (χ3n) is 4.80. The number of nitrogens with zero attached hydrogens (tertiary/aromatic N) is 3. The van der Waals surface area contributed by atoms with Crippen molar-refractivity contribution in [3.63, 3.8) is 0 Å². The van der Waals surface area contributed by atoms with Crippen molar-refractivity contribution < 1.29 is 5.21 Å². The zero-order valence-corrected chi connectivity index (χ0v) is 12.8. The van der Waals surface area contributed by atoms with Gasteiger partial charge in [0.15, 0.2) is 5.84 Å². The maximum atomic E-state index is 9.09. The molecule has 5 heteroatoms. The minimum absolute atomic E-state index is 0.164. The normalized spacial score (nSPS) is 26.0. The minimum Gasteiger partial charge on any atom is -0.409 e. The lowest BCUT2D eigenvalue weighted by Gasteiger charge is -2.38. The summed E-state index contributed by atoms with van der Waals surface area (Å²) in [6, 6.07) is 2.52. The molecule has 2 heterocycles. The number of piperidine rings is 1. The van der Waals surface area contributed by atoms with Crippen LogP contribution in [-0.2, 0) is 12.8 Å². The van der Waals surface area contributed by atoms with E-state index in [1.165, 1.54) is 17.7 Å². The number of aromatic nitrogens is 1. The highest BCUT2D eigenvalue weighted by Gasteiger charge is 2.28. The Kier molecular flexibility index (Phi) is 3.74. The number of aryl methyl sites for hydroxylation is 2. The van der Waals surface area contributed by atoms with Gasteiger partial charge >= 0.3 is 0 Å². The summed E-state index contributed by atoms with van der Waals surface area (Å²) in [5.74, 6) is 1.71. The molecule has 3 N–H and O–H groups in total. The van der Waals surface area contributed by atoms with E-state index in [0.717, 1.165) is 43.6 Å². The van der Waals surface area contributed by atoms with E-state index in [9.17, 15) is 0 Å². The number of amidine groups is 1. The van der Waals surface area contributed by atoms with E-state index in [4.69, 9.17) is 15.9 Å². The van der Waals surface area contributed by atoms with E-state index < -0.39 is 0 Å². The third kappa shape index (κ3) is 2.57. The molecule has 2 aliphatic rings. The fourth-order valence-electron chi connectivity index (χ4n) is 3.51. The number of oxime groups is 1. The Bertz CT molecular complexity index is 570. The topological polar surface area (TPSA) is 74.7 Å². The van der Waals surface area contributed by atoms with Gasteiger partial charge in [0.25, 0.3) is 0 Å². The van der Waals surface area contributed by atoms with Gasteiger partial charge in [0.05, 0.1) is 5.56 Å². The Morgan fingerprint density at radius 2 is 2.19 bits per heavy atom. The monoisotopic (exact) mass is 288 g/mol. The van der Waals surface area contributed by atoms with Gasteiger partial charge in [-0.3, -0.25) is 0 Å². The van der Waals surface area contributed by atoms with Crippen LogP contribution in [0.1, 0.15) is 49.9 Å². The van der Waals surface area contributed by atoms with E-state index in [0.29, 0.717) is 12.0 Å². The van der Waals surface area contributed by atoms with Gasteiger partial charge in [-0.15, -0.1) is 0 Å². The molecule has 2 unspecified atom stereocenters. The fourth-order valence-corrected chi connectivity index (χ4v) is 3.51. The largest absolute Gasteiger partial charge is 0.409 e. The van der Waals surface area contributed by atoms with Crippen LogP contribution in [0.2, 0.25) is 0 Å². The Labute approximate surface area is 125 Å². The molecule has 5 nitrogen and oxygen atoms in total. The molecule has 2 atom stereocenters. The SMILES string of the molecule is CC1CCC(C)N(c2nc3c(cc2C(N)=NO)CCC3)C1. The molecule has 0 radical (unpaired) electrons. The highest BCUT2D eigenvalue weighted by atomic mass is 16.4. The molecule has 1 fully saturated rings. The first kappa shape index (κ1) is 14.2. The van der Waals surface area contributed by atoms with Crippen molar-refractivity contribution in [3.8, 4) is 0 Å². The van der Waals surface area contributed by atoms with Crippen molar-refractivity contribution in [1.29, 1.82) is 0 Å². The first-order valence-electron chi connectivity index (χ1n) is 7.87. The summed E-state index contributed by atoms with van der Waals surface area (Å²) in [5.41, 5.74) is 9.12. The number of hydrogen-bond acceptors (Lipinski definition) is 4. The first-order valence-corrected chi connectivity index (χ1v) is 7.87. The Morgan fingerprint density at radius 1 is 1.38 bits per heavy atom. The van der Waals surface area contributed by atoms with Gasteiger partial charge in [-0.25, -0.2) is 4.98 Å². The lowest BCUT2D eigenvalue weighted by molar-refractivity contribution is 0.318. The summed E-state index contributed by atoms with van der Waals surface area (Å²) in [5, 5.41) is 12.3. The molecule has 1 saturated heterocycles. The van der Waals surface area contributed by atoms with Crippen molar-refractivity contribution in [2.75, 3.05) is 11.4 Å². The molecular formula is C16H24N4O. The molecule has 0 aromatic carbocycles. The van der Waals surface area contributed by atoms with Gasteiger partial charge in [-0.2, -0.15) is 0 Å². The van der Waals surface area contributed by atoms with Crippen molar-refractivity contribution in [3.05, 3.63) is 22.9 Å². The van der Waals surface area contributed by atoms with Crippen LogP contribution in [0.4, 0.5) is 5.82 Å². The van der Waals surface area contributed by atoms with E-state index in [1.807, 2.05) is 0 Å². The summed E-state index contributed by atoms with van der Waals surface area (Å²) in [6.45, 7) is 5.49. The molecule has 1 aliphatic carbocycles. The van der Waals surface area contributed by atoms with Crippen LogP contribution in [0.3, 0.4) is 0 Å². The van der Waals surface area contributed by atoms with Crippen molar-refractivity contribution in [2.24, 2.45) is 16.8 Å². The molecular weight excluding hydrogens is 264 g/mol. The van der Waals surface area contributed by atoms with Crippen LogP contribution in [0, 0.1) is 5.92 Å². The summed E-state index contributed by atoms with van der Waals surface area (Å²) in [6.07, 6.45) is 5.64. The quantitative estimate of drug-likeness (QED) is 0.379. The highest BCUT2D eigenvalue weighted by molar-refractivity contribution is 6.01. The molecule has 0 bridgehead atoms. The lowest BCUT2D eigenvalue weighted by Crippen LogP contribution is -2.42. The van der Waals surface area contributed by atoms with Gasteiger partial charge in [0.1, 0.15) is 5.82 Å². The number of pyridine rings is 1. The van der Waals surface area contributed by atoms with E-state index in [1.54, 1.807) is 0 Å². The van der Waals surface area contributed by atoms with Crippen LogP contribution in [0.15, 0.2) is 11.2 Å². The Balaban J connectivity index is 2.07. The fraction of sp³-hybridized carbons (Fsp3) is 0.625. The third-order valence-corrected chi connectivity index (χ3v) is 4.80. The average molecular weight is 288 g/mol. The zero-order chi connectivity index (χ0) is 15.0. The average Bonchev–Trinajstić information content (AvgIpc) is 2.95. The predicted octanol–water partition coefficient (Wildman–Crippen LogP) is 2.29. The van der Waals surface area contributed by atoms with Crippen LogP contribution < -0.4 is 10.6 Å². The summed E-state index contributed by atoms with van der Waals surface area (Å²) in [4.78, 5) is 7.22. The lowest BCUT2D eigenvalue weighted by atomic mass is 9.94. The standard InChI is InChI=1S/C16H24N4O/c1-10-6-7-11(2)20(9-10)16-13(15(17)19-21)8-12-4-3-5-14(12)18-16/h8,10-11,21H,3-7,9H2,1-2H3,(H2,17,19). The minimum atomic E-state index is 0.164. The maximum Gasteiger partial charge on any atom is 0.173 e. The van der Waals surface area contributed by atoms with Crippen molar-refractivity contribution >= 4 is 11.7 Å². The molecule has 1 aromatic heterocycles. The van der Waals surface area contributed by atoms with Gasteiger partial charge in [-0.05, 0) is 56.6 Å². The molecule has 21 heavy (non-hydrogen) atoms. The van der Waals surface area contributed by atoms with Gasteiger partial charge in [-0.1, -0.05) is 12.1 Å². The molecule has 0 saturated carbocycles. The van der Waals surface area contributed by atoms with Crippen LogP contribution in [-0.4, -0.2) is 28.6 Å². The first-order chi connectivity index (χ1) is 10.1. The second kappa shape index (κ2) is 5.54. The molecule has 0 spiro atoms. The molecule has 0 amide bonds. The van der Waals surface area contributed by atoms with E-state index in [-0.39, 0.29) is 5.84 Å². The molecule has 114 valence electrons. The summed E-state index contributed by atoms with van der Waals surface area (Å²) in [7, 11) is 0. The smallest absolute Gasteiger partial charge is 0.173 e. The predicted molar refractivity (Wildman–Crippen MR) is 84.0 cm³/mol. The Hall–Kier alpha value is -1.78. The molecule has 1 aliphatic heterocycles. The van der Waals surface area contributed by atoms with Gasteiger partial charge < -0.3 is 15.8 Å². The van der Waals surface area contributed by atoms with Crippen LogP contribution in [0.5, 0.6) is 0 Å². The second-order valence-corrected chi connectivity index (χ2v) is 6.49.